The average Bonchev–Trinajstić information content (AvgIpc) is 2.59. The van der Waals surface area contributed by atoms with Crippen molar-refractivity contribution in [2.24, 2.45) is 5.92 Å². The van der Waals surface area contributed by atoms with E-state index in [1.54, 1.807) is 0 Å². The summed E-state index contributed by atoms with van der Waals surface area (Å²) in [5.41, 5.74) is 0. The quantitative estimate of drug-likeness (QED) is 0.769. The summed E-state index contributed by atoms with van der Waals surface area (Å²) < 4.78 is 5.41. The van der Waals surface area contributed by atoms with Gasteiger partial charge in [-0.05, 0) is 31.6 Å². The van der Waals surface area contributed by atoms with E-state index < -0.39 is 0 Å². The second-order valence-electron chi connectivity index (χ2n) is 5.54. The summed E-state index contributed by atoms with van der Waals surface area (Å²) in [5.74, 6) is 0.696. The third kappa shape index (κ3) is 4.66. The van der Waals surface area contributed by atoms with Crippen LogP contribution in [0.2, 0.25) is 0 Å². The molecule has 2 aliphatic rings. The Morgan fingerprint density at radius 1 is 1.06 bits per heavy atom. The summed E-state index contributed by atoms with van der Waals surface area (Å²) in [6, 6.07) is 0.439. The minimum absolute atomic E-state index is 0.243. The van der Waals surface area contributed by atoms with Crippen molar-refractivity contribution in [2.75, 3.05) is 13.2 Å². The summed E-state index contributed by atoms with van der Waals surface area (Å²) in [6.45, 7) is 1.65. The van der Waals surface area contributed by atoms with E-state index in [-0.39, 0.29) is 5.91 Å². The monoisotopic (exact) mass is 239 g/mol. The van der Waals surface area contributed by atoms with E-state index in [2.05, 4.69) is 5.32 Å². The second kappa shape index (κ2) is 7.00. The van der Waals surface area contributed by atoms with E-state index in [9.17, 15) is 4.79 Å². The molecule has 98 valence electrons. The van der Waals surface area contributed by atoms with Crippen molar-refractivity contribution in [2.45, 2.75) is 63.8 Å². The first-order chi connectivity index (χ1) is 8.34. The van der Waals surface area contributed by atoms with Crippen molar-refractivity contribution >= 4 is 5.91 Å². The SMILES string of the molecule is O=C(CC1CCCOC1)NC1CCCCCC1. The maximum absolute atomic E-state index is 11.9. The number of hydrogen-bond donors (Lipinski definition) is 1. The van der Waals surface area contributed by atoms with E-state index in [1.807, 2.05) is 0 Å². The van der Waals surface area contributed by atoms with Crippen molar-refractivity contribution < 1.29 is 9.53 Å². The van der Waals surface area contributed by atoms with E-state index >= 15 is 0 Å². The lowest BCUT2D eigenvalue weighted by molar-refractivity contribution is -0.123. The standard InChI is InChI=1S/C14H25NO2/c16-14(10-12-6-5-9-17-11-12)15-13-7-3-1-2-4-8-13/h12-13H,1-11H2,(H,15,16). The molecule has 0 aromatic rings. The molecule has 1 N–H and O–H groups in total. The first-order valence-corrected chi connectivity index (χ1v) is 7.21. The van der Waals surface area contributed by atoms with Gasteiger partial charge in [0.25, 0.3) is 0 Å². The van der Waals surface area contributed by atoms with Gasteiger partial charge in [-0.2, -0.15) is 0 Å². The topological polar surface area (TPSA) is 38.3 Å². The summed E-state index contributed by atoms with van der Waals surface area (Å²) in [5, 5.41) is 3.21. The molecule has 0 radical (unpaired) electrons. The maximum Gasteiger partial charge on any atom is 0.220 e. The number of nitrogens with one attached hydrogen (secondary N) is 1. The van der Waals surface area contributed by atoms with Crippen molar-refractivity contribution in [3.63, 3.8) is 0 Å². The van der Waals surface area contributed by atoms with Crippen molar-refractivity contribution in [3.8, 4) is 0 Å². The molecule has 0 spiro atoms. The molecule has 1 saturated heterocycles. The van der Waals surface area contributed by atoms with Crippen LogP contribution in [0.15, 0.2) is 0 Å². The fourth-order valence-electron chi connectivity index (χ4n) is 2.94. The van der Waals surface area contributed by atoms with Gasteiger partial charge in [-0.15, -0.1) is 0 Å². The fourth-order valence-corrected chi connectivity index (χ4v) is 2.94. The van der Waals surface area contributed by atoms with Gasteiger partial charge in [0.1, 0.15) is 0 Å². The highest BCUT2D eigenvalue weighted by atomic mass is 16.5. The van der Waals surface area contributed by atoms with Crippen LogP contribution in [0, 0.1) is 5.92 Å². The van der Waals surface area contributed by atoms with E-state index in [0.29, 0.717) is 18.4 Å². The molecule has 2 fully saturated rings. The van der Waals surface area contributed by atoms with Gasteiger partial charge in [0.05, 0.1) is 0 Å². The van der Waals surface area contributed by atoms with Gasteiger partial charge >= 0.3 is 0 Å². The maximum atomic E-state index is 11.9. The highest BCUT2D eigenvalue weighted by Crippen LogP contribution is 2.19. The Bertz CT molecular complexity index is 228. The zero-order valence-corrected chi connectivity index (χ0v) is 10.7. The molecule has 0 aromatic carbocycles. The first kappa shape index (κ1) is 12.9. The predicted octanol–water partition coefficient (Wildman–Crippen LogP) is 2.64. The molecule has 2 rings (SSSR count). The van der Waals surface area contributed by atoms with Crippen LogP contribution in [0.25, 0.3) is 0 Å². The highest BCUT2D eigenvalue weighted by molar-refractivity contribution is 5.76. The summed E-state index contributed by atoms with van der Waals surface area (Å²) in [7, 11) is 0. The number of ether oxygens (including phenoxy) is 1. The zero-order valence-electron chi connectivity index (χ0n) is 10.7. The highest BCUT2D eigenvalue weighted by Gasteiger charge is 2.20. The molecular formula is C14H25NO2. The molecule has 1 unspecified atom stereocenters. The molecule has 1 atom stereocenters. The van der Waals surface area contributed by atoms with Crippen LogP contribution in [0.4, 0.5) is 0 Å². The number of rotatable bonds is 3. The van der Waals surface area contributed by atoms with Gasteiger partial charge < -0.3 is 10.1 Å². The molecule has 1 aliphatic heterocycles. The largest absolute Gasteiger partial charge is 0.381 e. The Morgan fingerprint density at radius 2 is 1.82 bits per heavy atom. The minimum Gasteiger partial charge on any atom is -0.381 e. The number of hydrogen-bond acceptors (Lipinski definition) is 2. The smallest absolute Gasteiger partial charge is 0.220 e. The lowest BCUT2D eigenvalue weighted by atomic mass is 9.98. The van der Waals surface area contributed by atoms with Crippen molar-refractivity contribution in [3.05, 3.63) is 0 Å². The van der Waals surface area contributed by atoms with E-state index in [4.69, 9.17) is 4.74 Å². The molecule has 3 nitrogen and oxygen atoms in total. The Balaban J connectivity index is 1.68. The molecule has 1 aliphatic carbocycles. The van der Waals surface area contributed by atoms with Crippen LogP contribution in [-0.2, 0) is 9.53 Å². The third-order valence-corrected chi connectivity index (χ3v) is 3.95. The van der Waals surface area contributed by atoms with Gasteiger partial charge in [-0.1, -0.05) is 25.7 Å². The fraction of sp³-hybridized carbons (Fsp3) is 0.929. The van der Waals surface area contributed by atoms with Gasteiger partial charge in [0.15, 0.2) is 0 Å². The second-order valence-corrected chi connectivity index (χ2v) is 5.54. The molecule has 3 heteroatoms. The van der Waals surface area contributed by atoms with E-state index in [1.165, 1.54) is 38.5 Å². The molecular weight excluding hydrogens is 214 g/mol. The molecule has 1 amide bonds. The predicted molar refractivity (Wildman–Crippen MR) is 67.8 cm³/mol. The average molecular weight is 239 g/mol. The van der Waals surface area contributed by atoms with Gasteiger partial charge in [0, 0.05) is 25.7 Å². The number of amides is 1. The Labute approximate surface area is 104 Å². The summed E-state index contributed by atoms with van der Waals surface area (Å²) >= 11 is 0. The summed E-state index contributed by atoms with van der Waals surface area (Å²) in [6.07, 6.45) is 10.5. The minimum atomic E-state index is 0.243. The third-order valence-electron chi connectivity index (χ3n) is 3.95. The van der Waals surface area contributed by atoms with Crippen molar-refractivity contribution in [1.82, 2.24) is 5.32 Å². The molecule has 1 heterocycles. The van der Waals surface area contributed by atoms with Crippen LogP contribution in [0.5, 0.6) is 0 Å². The summed E-state index contributed by atoms with van der Waals surface area (Å²) in [4.78, 5) is 11.9. The zero-order chi connectivity index (χ0) is 11.9. The lowest BCUT2D eigenvalue weighted by Gasteiger charge is -2.23. The lowest BCUT2D eigenvalue weighted by Crippen LogP contribution is -2.36. The molecule has 0 aromatic heterocycles. The van der Waals surface area contributed by atoms with Crippen LogP contribution in [0.1, 0.15) is 57.8 Å². The van der Waals surface area contributed by atoms with Crippen LogP contribution in [0.3, 0.4) is 0 Å². The van der Waals surface area contributed by atoms with Gasteiger partial charge in [-0.3, -0.25) is 4.79 Å². The Morgan fingerprint density at radius 3 is 2.47 bits per heavy atom. The van der Waals surface area contributed by atoms with Crippen LogP contribution in [-0.4, -0.2) is 25.2 Å². The molecule has 0 bridgehead atoms. The van der Waals surface area contributed by atoms with Crippen molar-refractivity contribution in [1.29, 1.82) is 0 Å². The Hall–Kier alpha value is -0.570. The normalized spacial score (nSPS) is 27.4. The molecule has 1 saturated carbocycles. The van der Waals surface area contributed by atoms with Gasteiger partial charge in [0.2, 0.25) is 5.91 Å². The number of carbonyl (C=O) groups excluding carboxylic acids is 1. The first-order valence-electron chi connectivity index (χ1n) is 7.21. The van der Waals surface area contributed by atoms with E-state index in [0.717, 1.165) is 26.1 Å². The van der Waals surface area contributed by atoms with Gasteiger partial charge in [-0.25, -0.2) is 0 Å². The molecule has 17 heavy (non-hydrogen) atoms. The van der Waals surface area contributed by atoms with Crippen LogP contribution < -0.4 is 5.32 Å². The Kier molecular flexibility index (Phi) is 5.30. The number of carbonyl (C=O) groups is 1. The van der Waals surface area contributed by atoms with Crippen LogP contribution >= 0.6 is 0 Å².